The van der Waals surface area contributed by atoms with Gasteiger partial charge in [-0.2, -0.15) is 0 Å². The molecule has 0 spiro atoms. The van der Waals surface area contributed by atoms with Gasteiger partial charge in [0.15, 0.2) is 0 Å². The maximum Gasteiger partial charge on any atom is 0.250 e. The van der Waals surface area contributed by atoms with Crippen molar-refractivity contribution in [1.29, 1.82) is 0 Å². The topological polar surface area (TPSA) is 44.8 Å². The fourth-order valence-electron chi connectivity index (χ4n) is 3.16. The van der Waals surface area contributed by atoms with Crippen LogP contribution < -0.4 is 10.2 Å². The van der Waals surface area contributed by atoms with E-state index in [1.807, 2.05) is 41.4 Å². The first-order chi connectivity index (χ1) is 11.1. The smallest absolute Gasteiger partial charge is 0.250 e. The molecule has 1 amide bonds. The molecule has 1 fully saturated rings. The molecule has 0 bridgehead atoms. The van der Waals surface area contributed by atoms with Crippen LogP contribution in [0.4, 0.5) is 0 Å². The van der Waals surface area contributed by atoms with Gasteiger partial charge in [-0.3, -0.25) is 4.79 Å². The highest BCUT2D eigenvalue weighted by Crippen LogP contribution is 2.31. The second-order valence-corrected chi connectivity index (χ2v) is 6.53. The van der Waals surface area contributed by atoms with Crippen molar-refractivity contribution in [2.75, 3.05) is 13.2 Å². The average molecular weight is 315 g/mol. The van der Waals surface area contributed by atoms with E-state index in [1.165, 1.54) is 5.56 Å². The minimum atomic E-state index is -0.115. The summed E-state index contributed by atoms with van der Waals surface area (Å²) in [6, 6.07) is 8.15. The third kappa shape index (κ3) is 3.34. The van der Waals surface area contributed by atoms with Gasteiger partial charge in [-0.15, -0.1) is 0 Å². The third-order valence-electron chi connectivity index (χ3n) is 4.23. The predicted molar refractivity (Wildman–Crippen MR) is 89.4 cm³/mol. The minimum Gasteiger partial charge on any atom is -0.494 e. The Labute approximate surface area is 137 Å². The molecule has 2 unspecified atom stereocenters. The van der Waals surface area contributed by atoms with Crippen molar-refractivity contribution in [1.82, 2.24) is 15.3 Å². The molecule has 1 N–H and O–H groups in total. The number of amides is 1. The van der Waals surface area contributed by atoms with Crippen LogP contribution >= 0.6 is 0 Å². The summed E-state index contributed by atoms with van der Waals surface area (Å²) < 4.78 is 5.48. The molecule has 5 nitrogen and oxygen atoms in total. The van der Waals surface area contributed by atoms with Crippen molar-refractivity contribution in [3.8, 4) is 5.75 Å². The van der Waals surface area contributed by atoms with Crippen molar-refractivity contribution < 1.29 is 9.53 Å². The number of carbonyl (C=O) groups excluding carboxylic acids is 1. The molecule has 0 radical (unpaired) electrons. The molecule has 124 valence electrons. The Morgan fingerprint density at radius 2 is 2.00 bits per heavy atom. The Morgan fingerprint density at radius 1 is 1.26 bits per heavy atom. The Balaban J connectivity index is 1.69. The van der Waals surface area contributed by atoms with Crippen molar-refractivity contribution in [3.63, 3.8) is 0 Å². The molecular formula is C18H25N3O2. The molecule has 1 saturated heterocycles. The number of carbonyl (C=O) groups is 1. The Kier molecular flexibility index (Phi) is 4.57. The number of hydrogen-bond donors (Lipinski definition) is 1. The first-order valence-corrected chi connectivity index (χ1v) is 8.34. The lowest BCUT2D eigenvalue weighted by Gasteiger charge is -2.32. The zero-order chi connectivity index (χ0) is 16.4. The molecule has 0 saturated carbocycles. The van der Waals surface area contributed by atoms with Crippen LogP contribution in [-0.4, -0.2) is 35.0 Å². The van der Waals surface area contributed by atoms with Crippen LogP contribution in [-0.2, 0) is 4.79 Å². The van der Waals surface area contributed by atoms with Gasteiger partial charge in [-0.1, -0.05) is 26.0 Å². The van der Waals surface area contributed by atoms with Crippen LogP contribution in [0.25, 0.3) is 0 Å². The zero-order valence-electron chi connectivity index (χ0n) is 14.0. The van der Waals surface area contributed by atoms with Crippen molar-refractivity contribution in [2.45, 2.75) is 39.3 Å². The molecule has 0 aliphatic carbocycles. The maximum atomic E-state index is 12.6. The molecule has 1 aromatic rings. The molecule has 1 aromatic carbocycles. The van der Waals surface area contributed by atoms with Crippen LogP contribution in [0.2, 0.25) is 0 Å². The summed E-state index contributed by atoms with van der Waals surface area (Å²) in [5.74, 6) is 1.53. The Morgan fingerprint density at radius 3 is 2.65 bits per heavy atom. The van der Waals surface area contributed by atoms with E-state index in [0.717, 1.165) is 18.7 Å². The van der Waals surface area contributed by atoms with E-state index in [9.17, 15) is 4.79 Å². The number of hydrazine groups is 1. The van der Waals surface area contributed by atoms with E-state index in [4.69, 9.17) is 4.74 Å². The summed E-state index contributed by atoms with van der Waals surface area (Å²) in [4.78, 5) is 14.5. The predicted octanol–water partition coefficient (Wildman–Crippen LogP) is 2.67. The average Bonchev–Trinajstić information content (AvgIpc) is 2.96. The van der Waals surface area contributed by atoms with E-state index in [0.29, 0.717) is 12.5 Å². The van der Waals surface area contributed by atoms with Gasteiger partial charge in [0.1, 0.15) is 11.8 Å². The van der Waals surface area contributed by atoms with Crippen molar-refractivity contribution >= 4 is 5.91 Å². The van der Waals surface area contributed by atoms with Crippen LogP contribution in [0.15, 0.2) is 36.7 Å². The first kappa shape index (κ1) is 15.9. The summed E-state index contributed by atoms with van der Waals surface area (Å²) >= 11 is 0. The Bertz CT molecular complexity index is 582. The lowest BCUT2D eigenvalue weighted by molar-refractivity contribution is -0.134. The molecule has 23 heavy (non-hydrogen) atoms. The molecule has 5 heteroatoms. The summed E-state index contributed by atoms with van der Waals surface area (Å²) in [6.45, 7) is 7.67. The second kappa shape index (κ2) is 6.62. The molecule has 2 atom stereocenters. The third-order valence-corrected chi connectivity index (χ3v) is 4.23. The zero-order valence-corrected chi connectivity index (χ0v) is 14.0. The number of benzene rings is 1. The molecule has 3 rings (SSSR count). The first-order valence-electron chi connectivity index (χ1n) is 8.34. The van der Waals surface area contributed by atoms with Crippen molar-refractivity contribution in [2.24, 2.45) is 5.92 Å². The van der Waals surface area contributed by atoms with Crippen LogP contribution in [0.1, 0.15) is 38.8 Å². The highest BCUT2D eigenvalue weighted by Gasteiger charge is 2.39. The van der Waals surface area contributed by atoms with Gasteiger partial charge in [0.05, 0.1) is 12.6 Å². The van der Waals surface area contributed by atoms with Gasteiger partial charge >= 0.3 is 0 Å². The normalized spacial score (nSPS) is 23.6. The minimum absolute atomic E-state index is 0.115. The molecule has 2 aliphatic rings. The lowest BCUT2D eigenvalue weighted by Crippen LogP contribution is -2.48. The van der Waals surface area contributed by atoms with Gasteiger partial charge in [-0.05, 0) is 37.0 Å². The largest absolute Gasteiger partial charge is 0.494 e. The molecule has 0 aromatic heterocycles. The van der Waals surface area contributed by atoms with E-state index < -0.39 is 0 Å². The Hall–Kier alpha value is -2.01. The van der Waals surface area contributed by atoms with Gasteiger partial charge in [0.25, 0.3) is 5.91 Å². The molecular weight excluding hydrogens is 290 g/mol. The molecule has 2 heterocycles. The van der Waals surface area contributed by atoms with E-state index in [-0.39, 0.29) is 18.0 Å². The van der Waals surface area contributed by atoms with Gasteiger partial charge in [0.2, 0.25) is 0 Å². The second-order valence-electron chi connectivity index (χ2n) is 6.53. The number of fused-ring (bicyclic) bond motifs is 1. The number of nitrogens with one attached hydrogen (secondary N) is 1. The quantitative estimate of drug-likeness (QED) is 0.907. The van der Waals surface area contributed by atoms with Gasteiger partial charge in [-0.25, -0.2) is 5.43 Å². The summed E-state index contributed by atoms with van der Waals surface area (Å²) in [7, 11) is 0. The highest BCUT2D eigenvalue weighted by molar-refractivity contribution is 5.84. The number of nitrogens with zero attached hydrogens (tertiary/aromatic N) is 2. The standard InChI is InChI=1S/C18H25N3O2/c1-4-23-15-7-5-14(6-8-15)16-11-17-18(22)20(12-13(2)3)9-10-21(17)19-16/h5-10,13,16-17,19H,4,11-12H2,1-3H3. The summed E-state index contributed by atoms with van der Waals surface area (Å²) in [6.07, 6.45) is 4.64. The number of rotatable bonds is 5. The van der Waals surface area contributed by atoms with Crippen LogP contribution in [0.3, 0.4) is 0 Å². The van der Waals surface area contributed by atoms with E-state index in [1.54, 1.807) is 0 Å². The molecule has 2 aliphatic heterocycles. The van der Waals surface area contributed by atoms with Crippen LogP contribution in [0, 0.1) is 5.92 Å². The van der Waals surface area contributed by atoms with E-state index >= 15 is 0 Å². The fourth-order valence-corrected chi connectivity index (χ4v) is 3.16. The summed E-state index contributed by atoms with van der Waals surface area (Å²) in [5, 5.41) is 1.94. The van der Waals surface area contributed by atoms with Crippen molar-refractivity contribution in [3.05, 3.63) is 42.2 Å². The van der Waals surface area contributed by atoms with Gasteiger partial charge in [0, 0.05) is 18.9 Å². The van der Waals surface area contributed by atoms with Crippen LogP contribution in [0.5, 0.6) is 5.75 Å². The van der Waals surface area contributed by atoms with E-state index in [2.05, 4.69) is 31.4 Å². The monoisotopic (exact) mass is 315 g/mol. The number of ether oxygens (including phenoxy) is 1. The fraction of sp³-hybridized carbons (Fsp3) is 0.500. The lowest BCUT2D eigenvalue weighted by atomic mass is 10.0. The summed E-state index contributed by atoms with van der Waals surface area (Å²) in [5.41, 5.74) is 4.60. The highest BCUT2D eigenvalue weighted by atomic mass is 16.5. The van der Waals surface area contributed by atoms with Gasteiger partial charge < -0.3 is 14.6 Å². The number of hydrogen-bond acceptors (Lipinski definition) is 4. The SMILES string of the molecule is CCOc1ccc(C2CC3C(=O)N(CC(C)C)C=CN3N2)cc1. The maximum absolute atomic E-state index is 12.6.